The molecular weight excluding hydrogens is 194 g/mol. The number of nitrogens with one attached hydrogen (secondary N) is 1. The summed E-state index contributed by atoms with van der Waals surface area (Å²) in [6, 6.07) is 0. The summed E-state index contributed by atoms with van der Waals surface area (Å²) in [4.78, 5) is 3.84. The molecule has 0 aliphatic heterocycles. The van der Waals surface area contributed by atoms with E-state index in [4.69, 9.17) is 11.1 Å². The van der Waals surface area contributed by atoms with E-state index in [1.54, 1.807) is 12.4 Å². The van der Waals surface area contributed by atoms with Crippen molar-refractivity contribution in [3.63, 3.8) is 0 Å². The molecule has 10 heavy (non-hydrogen) atoms. The molecule has 0 saturated carbocycles. The maximum absolute atomic E-state index is 6.92. The monoisotopic (exact) mass is 199 g/mol. The van der Waals surface area contributed by atoms with Crippen molar-refractivity contribution < 1.29 is 0 Å². The van der Waals surface area contributed by atoms with Crippen molar-refractivity contribution in [2.75, 3.05) is 5.73 Å². The van der Waals surface area contributed by atoms with E-state index in [1.165, 1.54) is 6.21 Å². The molecule has 52 valence electrons. The second-order valence-electron chi connectivity index (χ2n) is 1.77. The quantitative estimate of drug-likeness (QED) is 0.673. The van der Waals surface area contributed by atoms with Crippen molar-refractivity contribution in [3.05, 3.63) is 22.4 Å². The summed E-state index contributed by atoms with van der Waals surface area (Å²) in [5, 5.41) is 6.92. The molecule has 1 aromatic heterocycles. The molecule has 1 rings (SSSR count). The van der Waals surface area contributed by atoms with E-state index < -0.39 is 0 Å². The highest BCUT2D eigenvalue weighted by Gasteiger charge is 1.98. The average molecular weight is 200 g/mol. The van der Waals surface area contributed by atoms with Crippen LogP contribution in [0, 0.1) is 5.41 Å². The summed E-state index contributed by atoms with van der Waals surface area (Å²) in [6.07, 6.45) is 4.32. The highest BCUT2D eigenvalue weighted by Crippen LogP contribution is 2.19. The zero-order valence-electron chi connectivity index (χ0n) is 5.13. The first-order valence-electron chi connectivity index (χ1n) is 2.65. The minimum atomic E-state index is 0.560. The van der Waals surface area contributed by atoms with Gasteiger partial charge in [0, 0.05) is 24.2 Å². The molecule has 0 aliphatic rings. The van der Waals surface area contributed by atoms with Gasteiger partial charge < -0.3 is 11.1 Å². The van der Waals surface area contributed by atoms with Gasteiger partial charge in [0.05, 0.1) is 10.2 Å². The maximum Gasteiger partial charge on any atom is 0.0594 e. The lowest BCUT2D eigenvalue weighted by Crippen LogP contribution is -1.94. The number of rotatable bonds is 1. The van der Waals surface area contributed by atoms with E-state index >= 15 is 0 Å². The van der Waals surface area contributed by atoms with Crippen molar-refractivity contribution >= 4 is 27.8 Å². The molecule has 3 nitrogen and oxygen atoms in total. The number of nitrogen functional groups attached to an aromatic ring is 1. The number of anilines is 1. The molecule has 0 bridgehead atoms. The van der Waals surface area contributed by atoms with Gasteiger partial charge in [0.2, 0.25) is 0 Å². The van der Waals surface area contributed by atoms with Gasteiger partial charge in [-0.3, -0.25) is 4.98 Å². The predicted molar refractivity (Wildman–Crippen MR) is 44.2 cm³/mol. The van der Waals surface area contributed by atoms with Gasteiger partial charge in [-0.1, -0.05) is 0 Å². The summed E-state index contributed by atoms with van der Waals surface area (Å²) in [5.41, 5.74) is 6.75. The highest BCUT2D eigenvalue weighted by atomic mass is 79.9. The minimum Gasteiger partial charge on any atom is -0.397 e. The van der Waals surface area contributed by atoms with Gasteiger partial charge in [-0.05, 0) is 15.9 Å². The average Bonchev–Trinajstić information content (AvgIpc) is 1.95. The summed E-state index contributed by atoms with van der Waals surface area (Å²) < 4.78 is 0.730. The lowest BCUT2D eigenvalue weighted by molar-refractivity contribution is 1.30. The Labute approximate surface area is 66.9 Å². The van der Waals surface area contributed by atoms with Gasteiger partial charge in [-0.15, -0.1) is 0 Å². The van der Waals surface area contributed by atoms with Crippen molar-refractivity contribution in [2.24, 2.45) is 0 Å². The number of nitrogens with zero attached hydrogens (tertiary/aromatic N) is 1. The summed E-state index contributed by atoms with van der Waals surface area (Å²) >= 11 is 3.20. The van der Waals surface area contributed by atoms with E-state index in [0.29, 0.717) is 11.3 Å². The van der Waals surface area contributed by atoms with Crippen LogP contribution in [-0.2, 0) is 0 Å². The molecule has 0 aromatic carbocycles. The summed E-state index contributed by atoms with van der Waals surface area (Å²) in [5.74, 6) is 0. The van der Waals surface area contributed by atoms with Gasteiger partial charge in [0.1, 0.15) is 0 Å². The SMILES string of the molecule is N=Cc1cncc(Br)c1N. The Bertz CT molecular complexity index is 259. The third-order valence-electron chi connectivity index (χ3n) is 1.13. The number of hydrogen-bond donors (Lipinski definition) is 2. The number of hydrogen-bond acceptors (Lipinski definition) is 3. The van der Waals surface area contributed by atoms with Gasteiger partial charge >= 0.3 is 0 Å². The molecule has 0 spiro atoms. The van der Waals surface area contributed by atoms with Crippen LogP contribution in [0.5, 0.6) is 0 Å². The van der Waals surface area contributed by atoms with E-state index in [0.717, 1.165) is 4.47 Å². The standard InChI is InChI=1S/C6H6BrN3/c7-5-3-10-2-4(1-8)6(5)9/h1-3,8H,(H2,9,10). The Morgan fingerprint density at radius 3 is 2.80 bits per heavy atom. The molecule has 0 atom stereocenters. The summed E-state index contributed by atoms with van der Waals surface area (Å²) in [7, 11) is 0. The first-order valence-corrected chi connectivity index (χ1v) is 3.44. The van der Waals surface area contributed by atoms with E-state index in [-0.39, 0.29) is 0 Å². The number of halogens is 1. The molecule has 0 saturated heterocycles. The zero-order valence-corrected chi connectivity index (χ0v) is 6.72. The molecule has 3 N–H and O–H groups in total. The zero-order chi connectivity index (χ0) is 7.56. The third kappa shape index (κ3) is 1.16. The summed E-state index contributed by atoms with van der Waals surface area (Å²) in [6.45, 7) is 0. The van der Waals surface area contributed by atoms with Crippen molar-refractivity contribution in [3.8, 4) is 0 Å². The van der Waals surface area contributed by atoms with Crippen molar-refractivity contribution in [1.82, 2.24) is 4.98 Å². The Morgan fingerprint density at radius 1 is 1.60 bits per heavy atom. The fourth-order valence-corrected chi connectivity index (χ4v) is 0.922. The molecule has 0 fully saturated rings. The van der Waals surface area contributed by atoms with Crippen LogP contribution in [0.3, 0.4) is 0 Å². The van der Waals surface area contributed by atoms with Gasteiger partial charge in [-0.25, -0.2) is 0 Å². The van der Waals surface area contributed by atoms with Crippen LogP contribution in [0.2, 0.25) is 0 Å². The smallest absolute Gasteiger partial charge is 0.0594 e. The molecule has 0 radical (unpaired) electrons. The molecule has 0 aliphatic carbocycles. The molecule has 4 heteroatoms. The molecule has 1 heterocycles. The van der Waals surface area contributed by atoms with Gasteiger partial charge in [-0.2, -0.15) is 0 Å². The highest BCUT2D eigenvalue weighted by molar-refractivity contribution is 9.10. The van der Waals surface area contributed by atoms with Crippen molar-refractivity contribution in [2.45, 2.75) is 0 Å². The van der Waals surface area contributed by atoms with Crippen LogP contribution in [0.1, 0.15) is 5.56 Å². The molecular formula is C6H6BrN3. The number of nitrogens with two attached hydrogens (primary N) is 1. The largest absolute Gasteiger partial charge is 0.397 e. The lowest BCUT2D eigenvalue weighted by atomic mass is 10.2. The van der Waals surface area contributed by atoms with E-state index in [1.807, 2.05) is 0 Å². The Morgan fingerprint density at radius 2 is 2.30 bits per heavy atom. The van der Waals surface area contributed by atoms with Gasteiger partial charge in [0.15, 0.2) is 0 Å². The van der Waals surface area contributed by atoms with Crippen molar-refractivity contribution in [1.29, 1.82) is 5.41 Å². The topological polar surface area (TPSA) is 62.8 Å². The van der Waals surface area contributed by atoms with Crippen LogP contribution in [0.15, 0.2) is 16.9 Å². The van der Waals surface area contributed by atoms with Gasteiger partial charge in [0.25, 0.3) is 0 Å². The van der Waals surface area contributed by atoms with Crippen LogP contribution in [0.25, 0.3) is 0 Å². The first-order chi connectivity index (χ1) is 4.75. The lowest BCUT2D eigenvalue weighted by Gasteiger charge is -1.98. The fourth-order valence-electron chi connectivity index (χ4n) is 0.575. The van der Waals surface area contributed by atoms with E-state index in [2.05, 4.69) is 20.9 Å². The molecule has 1 aromatic rings. The maximum atomic E-state index is 6.92. The number of aromatic nitrogens is 1. The Balaban J connectivity index is 3.27. The second kappa shape index (κ2) is 2.79. The van der Waals surface area contributed by atoms with E-state index in [9.17, 15) is 0 Å². The molecule has 0 unspecified atom stereocenters. The third-order valence-corrected chi connectivity index (χ3v) is 1.76. The predicted octanol–water partition coefficient (Wildman–Crippen LogP) is 1.42. The van der Waals surface area contributed by atoms with Crippen LogP contribution < -0.4 is 5.73 Å². The second-order valence-corrected chi connectivity index (χ2v) is 2.62. The Kier molecular flexibility index (Phi) is 2.01. The van der Waals surface area contributed by atoms with Crippen LogP contribution in [0.4, 0.5) is 5.69 Å². The molecule has 0 amide bonds. The number of pyridine rings is 1. The normalized spacial score (nSPS) is 9.30. The minimum absolute atomic E-state index is 0.560. The van der Waals surface area contributed by atoms with Crippen LogP contribution >= 0.6 is 15.9 Å². The Hall–Kier alpha value is -0.900. The van der Waals surface area contributed by atoms with Crippen LogP contribution in [-0.4, -0.2) is 11.2 Å². The first kappa shape index (κ1) is 7.21. The fraction of sp³-hybridized carbons (Fsp3) is 0.